The van der Waals surface area contributed by atoms with Gasteiger partial charge in [-0.3, -0.25) is 10.2 Å². The van der Waals surface area contributed by atoms with Crippen LogP contribution in [-0.2, 0) is 14.6 Å². The molecular weight excluding hydrogens is 252 g/mol. The first kappa shape index (κ1) is 13.0. The van der Waals surface area contributed by atoms with Gasteiger partial charge >= 0.3 is 0 Å². The molecule has 7 heteroatoms. The van der Waals surface area contributed by atoms with E-state index in [1.165, 1.54) is 24.3 Å². The van der Waals surface area contributed by atoms with Gasteiger partial charge in [-0.25, -0.2) is 14.3 Å². The van der Waals surface area contributed by atoms with E-state index in [0.717, 1.165) is 0 Å². The molecule has 0 unspecified atom stereocenters. The number of rotatable bonds is 4. The van der Waals surface area contributed by atoms with Crippen LogP contribution in [0.1, 0.15) is 6.42 Å². The summed E-state index contributed by atoms with van der Waals surface area (Å²) >= 11 is 5.64. The number of halogens is 1. The molecule has 0 aliphatic carbocycles. The van der Waals surface area contributed by atoms with E-state index >= 15 is 0 Å². The fourth-order valence-electron chi connectivity index (χ4n) is 1.06. The maximum Gasteiger partial charge on any atom is 0.234 e. The van der Waals surface area contributed by atoms with Crippen LogP contribution < -0.4 is 11.3 Å². The molecule has 0 aliphatic heterocycles. The summed E-state index contributed by atoms with van der Waals surface area (Å²) in [5.74, 6) is 4.05. The molecule has 0 fully saturated rings. The monoisotopic (exact) mass is 262 g/mol. The molecule has 0 saturated heterocycles. The standard InChI is InChI=1S/C9H11ClN2O3S/c10-7-1-3-8(4-2-7)16(14,15)6-5-9(13)12-11/h1-4H,5-6,11H2,(H,12,13). The molecule has 0 radical (unpaired) electrons. The largest absolute Gasteiger partial charge is 0.294 e. The van der Waals surface area contributed by atoms with Gasteiger partial charge in [0.1, 0.15) is 0 Å². The molecule has 0 heterocycles. The molecule has 0 atom stereocenters. The number of hydrogen-bond acceptors (Lipinski definition) is 4. The van der Waals surface area contributed by atoms with Gasteiger partial charge in [-0.15, -0.1) is 0 Å². The summed E-state index contributed by atoms with van der Waals surface area (Å²) in [4.78, 5) is 11.0. The number of sulfone groups is 1. The molecule has 3 N–H and O–H groups in total. The van der Waals surface area contributed by atoms with Gasteiger partial charge < -0.3 is 0 Å². The summed E-state index contributed by atoms with van der Waals surface area (Å²) in [5, 5.41) is 0.457. The van der Waals surface area contributed by atoms with Crippen molar-refractivity contribution in [2.75, 3.05) is 5.75 Å². The van der Waals surface area contributed by atoms with E-state index in [4.69, 9.17) is 17.4 Å². The van der Waals surface area contributed by atoms with Crippen LogP contribution in [0.15, 0.2) is 29.2 Å². The van der Waals surface area contributed by atoms with Gasteiger partial charge in [-0.05, 0) is 24.3 Å². The topological polar surface area (TPSA) is 89.3 Å². The Morgan fingerprint density at radius 1 is 1.31 bits per heavy atom. The second-order valence-corrected chi connectivity index (χ2v) is 5.64. The summed E-state index contributed by atoms with van der Waals surface area (Å²) in [6.07, 6.45) is -0.165. The SMILES string of the molecule is NNC(=O)CCS(=O)(=O)c1ccc(Cl)cc1. The Morgan fingerprint density at radius 2 is 1.88 bits per heavy atom. The highest BCUT2D eigenvalue weighted by Gasteiger charge is 2.15. The van der Waals surface area contributed by atoms with Gasteiger partial charge in [-0.1, -0.05) is 11.6 Å². The third kappa shape index (κ3) is 3.48. The number of benzene rings is 1. The minimum atomic E-state index is -3.46. The quantitative estimate of drug-likeness (QED) is 0.470. The van der Waals surface area contributed by atoms with E-state index in [0.29, 0.717) is 5.02 Å². The molecule has 1 amide bonds. The minimum Gasteiger partial charge on any atom is -0.294 e. The predicted octanol–water partition coefficient (Wildman–Crippen LogP) is 0.494. The molecule has 88 valence electrons. The normalized spacial score (nSPS) is 11.1. The van der Waals surface area contributed by atoms with Crippen molar-refractivity contribution >= 4 is 27.3 Å². The van der Waals surface area contributed by atoms with Crippen LogP contribution in [0.25, 0.3) is 0 Å². The molecule has 1 aromatic carbocycles. The Balaban J connectivity index is 2.78. The highest BCUT2D eigenvalue weighted by Crippen LogP contribution is 2.15. The van der Waals surface area contributed by atoms with Gasteiger partial charge in [0.15, 0.2) is 9.84 Å². The third-order valence-corrected chi connectivity index (χ3v) is 3.92. The zero-order valence-electron chi connectivity index (χ0n) is 8.31. The second-order valence-electron chi connectivity index (χ2n) is 3.09. The van der Waals surface area contributed by atoms with Crippen molar-refractivity contribution in [1.82, 2.24) is 5.43 Å². The van der Waals surface area contributed by atoms with Crippen LogP contribution in [-0.4, -0.2) is 20.1 Å². The Morgan fingerprint density at radius 3 is 2.38 bits per heavy atom. The molecule has 0 saturated carbocycles. The van der Waals surface area contributed by atoms with Crippen molar-refractivity contribution in [3.8, 4) is 0 Å². The number of nitrogens with one attached hydrogen (secondary N) is 1. The second kappa shape index (κ2) is 5.29. The molecule has 0 bridgehead atoms. The molecule has 1 rings (SSSR count). The Labute approximate surface area is 98.5 Å². The van der Waals surface area contributed by atoms with Crippen molar-refractivity contribution in [3.05, 3.63) is 29.3 Å². The van der Waals surface area contributed by atoms with Crippen LogP contribution in [0.4, 0.5) is 0 Å². The average Bonchev–Trinajstić information content (AvgIpc) is 2.26. The lowest BCUT2D eigenvalue weighted by molar-refractivity contribution is -0.120. The third-order valence-electron chi connectivity index (χ3n) is 1.93. The first-order valence-corrected chi connectivity index (χ1v) is 6.46. The van der Waals surface area contributed by atoms with Gasteiger partial charge in [0.05, 0.1) is 10.6 Å². The first-order chi connectivity index (χ1) is 7.45. The zero-order valence-corrected chi connectivity index (χ0v) is 9.88. The number of carbonyl (C=O) groups is 1. The number of hydrogen-bond donors (Lipinski definition) is 2. The maximum atomic E-state index is 11.7. The van der Waals surface area contributed by atoms with Crippen LogP contribution in [0, 0.1) is 0 Å². The van der Waals surface area contributed by atoms with Crippen molar-refractivity contribution in [2.24, 2.45) is 5.84 Å². The zero-order chi connectivity index (χ0) is 12.2. The molecule has 5 nitrogen and oxygen atoms in total. The predicted molar refractivity (Wildman–Crippen MR) is 60.5 cm³/mol. The number of carbonyl (C=O) groups excluding carboxylic acids is 1. The van der Waals surface area contributed by atoms with Crippen molar-refractivity contribution in [3.63, 3.8) is 0 Å². The van der Waals surface area contributed by atoms with E-state index < -0.39 is 15.7 Å². The molecule has 16 heavy (non-hydrogen) atoms. The van der Waals surface area contributed by atoms with E-state index in [9.17, 15) is 13.2 Å². The van der Waals surface area contributed by atoms with E-state index in [1.807, 2.05) is 5.43 Å². The molecular formula is C9H11ClN2O3S. The fraction of sp³-hybridized carbons (Fsp3) is 0.222. The fourth-order valence-corrected chi connectivity index (χ4v) is 2.43. The number of nitrogens with two attached hydrogens (primary N) is 1. The lowest BCUT2D eigenvalue weighted by Gasteiger charge is -2.03. The van der Waals surface area contributed by atoms with Gasteiger partial charge in [-0.2, -0.15) is 0 Å². The average molecular weight is 263 g/mol. The molecule has 0 aromatic heterocycles. The van der Waals surface area contributed by atoms with E-state index in [1.54, 1.807) is 0 Å². The van der Waals surface area contributed by atoms with Crippen LogP contribution in [0.2, 0.25) is 5.02 Å². The minimum absolute atomic E-state index is 0.140. The van der Waals surface area contributed by atoms with Crippen LogP contribution >= 0.6 is 11.6 Å². The van der Waals surface area contributed by atoms with Gasteiger partial charge in [0, 0.05) is 11.4 Å². The first-order valence-electron chi connectivity index (χ1n) is 4.43. The van der Waals surface area contributed by atoms with Gasteiger partial charge in [0.2, 0.25) is 5.91 Å². The smallest absolute Gasteiger partial charge is 0.234 e. The van der Waals surface area contributed by atoms with Crippen molar-refractivity contribution in [1.29, 1.82) is 0 Å². The number of amides is 1. The summed E-state index contributed by atoms with van der Waals surface area (Å²) < 4.78 is 23.4. The highest BCUT2D eigenvalue weighted by atomic mass is 35.5. The molecule has 0 aliphatic rings. The number of hydrazine groups is 1. The van der Waals surface area contributed by atoms with E-state index in [2.05, 4.69) is 0 Å². The summed E-state index contributed by atoms with van der Waals surface area (Å²) in [5.41, 5.74) is 1.87. The summed E-state index contributed by atoms with van der Waals surface area (Å²) in [6, 6.07) is 5.77. The summed E-state index contributed by atoms with van der Waals surface area (Å²) in [6.45, 7) is 0. The molecule has 0 spiro atoms. The Bertz CT molecular complexity index is 470. The highest BCUT2D eigenvalue weighted by molar-refractivity contribution is 7.91. The van der Waals surface area contributed by atoms with Crippen molar-refractivity contribution in [2.45, 2.75) is 11.3 Å². The lowest BCUT2D eigenvalue weighted by atomic mass is 10.4. The van der Waals surface area contributed by atoms with Crippen LogP contribution in [0.3, 0.4) is 0 Å². The van der Waals surface area contributed by atoms with E-state index in [-0.39, 0.29) is 17.1 Å². The molecule has 1 aromatic rings. The lowest BCUT2D eigenvalue weighted by Crippen LogP contribution is -2.31. The van der Waals surface area contributed by atoms with Gasteiger partial charge in [0.25, 0.3) is 0 Å². The summed E-state index contributed by atoms with van der Waals surface area (Å²) in [7, 11) is -3.46. The Kier molecular flexibility index (Phi) is 4.28. The Hall–Kier alpha value is -1.11. The maximum absolute atomic E-state index is 11.7. The van der Waals surface area contributed by atoms with Crippen molar-refractivity contribution < 1.29 is 13.2 Å². The van der Waals surface area contributed by atoms with Crippen LogP contribution in [0.5, 0.6) is 0 Å².